The number of hydrogen-bond acceptors (Lipinski definition) is 2. The van der Waals surface area contributed by atoms with Gasteiger partial charge in [0.25, 0.3) is 0 Å². The monoisotopic (exact) mass is 307 g/mol. The Morgan fingerprint density at radius 3 is 2.88 bits per heavy atom. The van der Waals surface area contributed by atoms with Crippen LogP contribution in [0.4, 0.5) is 5.69 Å². The van der Waals surface area contributed by atoms with E-state index in [9.17, 15) is 0 Å². The van der Waals surface area contributed by atoms with Crippen LogP contribution in [-0.4, -0.2) is 0 Å². The van der Waals surface area contributed by atoms with E-state index in [1.807, 2.05) is 0 Å². The molecule has 0 bridgehead atoms. The van der Waals surface area contributed by atoms with Gasteiger partial charge in [0.15, 0.2) is 0 Å². The van der Waals surface area contributed by atoms with Crippen LogP contribution in [0.1, 0.15) is 23.1 Å². The third-order valence-corrected chi connectivity index (χ3v) is 4.77. The Labute approximate surface area is 114 Å². The first kappa shape index (κ1) is 11.3. The second-order valence-electron chi connectivity index (χ2n) is 4.45. The summed E-state index contributed by atoms with van der Waals surface area (Å²) < 4.78 is 1.20. The lowest BCUT2D eigenvalue weighted by Gasteiger charge is -2.07. The lowest BCUT2D eigenvalue weighted by molar-refractivity contribution is 0.912. The molecule has 0 atom stereocenters. The molecule has 0 saturated carbocycles. The maximum atomic E-state index is 3.49. The largest absolute Gasteiger partial charge is 0.381 e. The minimum atomic E-state index is 0.904. The van der Waals surface area contributed by atoms with Gasteiger partial charge in [0.2, 0.25) is 0 Å². The van der Waals surface area contributed by atoms with Crippen molar-refractivity contribution in [1.29, 1.82) is 0 Å². The zero-order chi connectivity index (χ0) is 11.7. The number of rotatable bonds is 3. The molecule has 2 aromatic rings. The molecule has 1 aliphatic rings. The van der Waals surface area contributed by atoms with Gasteiger partial charge in [-0.15, -0.1) is 11.3 Å². The SMILES string of the molecule is Brc1cc(CNc2ccc3c(c2)CCC3)cs1. The Bertz CT molecular complexity index is 533. The second-order valence-corrected chi connectivity index (χ2v) is 6.74. The van der Waals surface area contributed by atoms with Gasteiger partial charge in [-0.2, -0.15) is 0 Å². The molecule has 1 heterocycles. The fourth-order valence-corrected chi connectivity index (χ4v) is 3.53. The van der Waals surface area contributed by atoms with E-state index in [0.717, 1.165) is 6.54 Å². The summed E-state index contributed by atoms with van der Waals surface area (Å²) in [6, 6.07) is 8.95. The van der Waals surface area contributed by atoms with Crippen molar-refractivity contribution in [3.8, 4) is 0 Å². The average Bonchev–Trinajstić information content (AvgIpc) is 2.94. The molecule has 0 amide bonds. The summed E-state index contributed by atoms with van der Waals surface area (Å²) in [5.41, 5.74) is 5.64. The number of nitrogens with one attached hydrogen (secondary N) is 1. The predicted molar refractivity (Wildman–Crippen MR) is 77.8 cm³/mol. The fraction of sp³-hybridized carbons (Fsp3) is 0.286. The van der Waals surface area contributed by atoms with Crippen LogP contribution in [0.15, 0.2) is 33.4 Å². The van der Waals surface area contributed by atoms with E-state index in [0.29, 0.717) is 0 Å². The third kappa shape index (κ3) is 2.55. The van der Waals surface area contributed by atoms with Gasteiger partial charge in [0.05, 0.1) is 3.79 Å². The Balaban J connectivity index is 1.69. The lowest BCUT2D eigenvalue weighted by Crippen LogP contribution is -1.98. The first-order valence-electron chi connectivity index (χ1n) is 5.90. The van der Waals surface area contributed by atoms with Gasteiger partial charge >= 0.3 is 0 Å². The number of halogens is 1. The summed E-state index contributed by atoms with van der Waals surface area (Å²) in [7, 11) is 0. The van der Waals surface area contributed by atoms with Gasteiger partial charge in [-0.25, -0.2) is 0 Å². The van der Waals surface area contributed by atoms with E-state index < -0.39 is 0 Å². The highest BCUT2D eigenvalue weighted by atomic mass is 79.9. The predicted octanol–water partition coefficient (Wildman–Crippen LogP) is 4.61. The van der Waals surface area contributed by atoms with Crippen molar-refractivity contribution >= 4 is 33.0 Å². The van der Waals surface area contributed by atoms with Crippen LogP contribution in [0.25, 0.3) is 0 Å². The molecule has 3 heteroatoms. The van der Waals surface area contributed by atoms with Crippen LogP contribution in [0.5, 0.6) is 0 Å². The van der Waals surface area contributed by atoms with Crippen LogP contribution in [0, 0.1) is 0 Å². The number of fused-ring (bicyclic) bond motifs is 1. The molecule has 17 heavy (non-hydrogen) atoms. The van der Waals surface area contributed by atoms with Gasteiger partial charge < -0.3 is 5.32 Å². The maximum absolute atomic E-state index is 3.49. The van der Waals surface area contributed by atoms with Gasteiger partial charge in [0.1, 0.15) is 0 Å². The van der Waals surface area contributed by atoms with E-state index >= 15 is 0 Å². The van der Waals surface area contributed by atoms with Crippen molar-refractivity contribution in [3.05, 3.63) is 50.1 Å². The molecule has 0 saturated heterocycles. The lowest BCUT2D eigenvalue weighted by atomic mass is 10.1. The molecule has 1 N–H and O–H groups in total. The Kier molecular flexibility index (Phi) is 3.21. The van der Waals surface area contributed by atoms with Crippen LogP contribution in [-0.2, 0) is 19.4 Å². The molecule has 0 spiro atoms. The molecule has 1 aliphatic carbocycles. The molecule has 0 aliphatic heterocycles. The highest BCUT2D eigenvalue weighted by Gasteiger charge is 2.10. The topological polar surface area (TPSA) is 12.0 Å². The highest BCUT2D eigenvalue weighted by molar-refractivity contribution is 9.11. The van der Waals surface area contributed by atoms with Crippen molar-refractivity contribution in [2.75, 3.05) is 5.32 Å². The van der Waals surface area contributed by atoms with Gasteiger partial charge in [-0.05, 0) is 75.5 Å². The van der Waals surface area contributed by atoms with Gasteiger partial charge in [0, 0.05) is 12.2 Å². The summed E-state index contributed by atoms with van der Waals surface area (Å²) in [4.78, 5) is 0. The number of aryl methyl sites for hydroxylation is 2. The van der Waals surface area contributed by atoms with E-state index in [4.69, 9.17) is 0 Å². The standard InChI is InChI=1S/C14H14BrNS/c15-14-6-10(9-17-14)8-16-13-5-4-11-2-1-3-12(11)7-13/h4-7,9,16H,1-3,8H2. The van der Waals surface area contributed by atoms with E-state index in [1.54, 1.807) is 11.3 Å². The summed E-state index contributed by atoms with van der Waals surface area (Å²) in [5, 5.41) is 5.67. The maximum Gasteiger partial charge on any atom is 0.0701 e. The van der Waals surface area contributed by atoms with Crippen molar-refractivity contribution in [2.24, 2.45) is 0 Å². The molecule has 0 radical (unpaired) electrons. The molecular formula is C14H14BrNS. The van der Waals surface area contributed by atoms with Crippen molar-refractivity contribution in [3.63, 3.8) is 0 Å². The Hall–Kier alpha value is -0.800. The number of hydrogen-bond donors (Lipinski definition) is 1. The summed E-state index contributed by atoms with van der Waals surface area (Å²) in [6.07, 6.45) is 3.82. The molecular weight excluding hydrogens is 294 g/mol. The molecule has 88 valence electrons. The Morgan fingerprint density at radius 2 is 2.06 bits per heavy atom. The third-order valence-electron chi connectivity index (χ3n) is 3.22. The fourth-order valence-electron chi connectivity index (χ4n) is 2.32. The van der Waals surface area contributed by atoms with Crippen LogP contribution < -0.4 is 5.32 Å². The van der Waals surface area contributed by atoms with Crippen molar-refractivity contribution < 1.29 is 0 Å². The molecule has 0 fully saturated rings. The van der Waals surface area contributed by atoms with E-state index in [2.05, 4.69) is 50.9 Å². The summed E-state index contributed by atoms with van der Waals surface area (Å²) in [5.74, 6) is 0. The number of anilines is 1. The normalized spacial score (nSPS) is 13.7. The smallest absolute Gasteiger partial charge is 0.0701 e. The van der Waals surface area contributed by atoms with Crippen LogP contribution in [0.3, 0.4) is 0 Å². The van der Waals surface area contributed by atoms with Crippen molar-refractivity contribution in [2.45, 2.75) is 25.8 Å². The molecule has 1 aromatic heterocycles. The average molecular weight is 308 g/mol. The Morgan fingerprint density at radius 1 is 1.18 bits per heavy atom. The van der Waals surface area contributed by atoms with Crippen LogP contribution in [0.2, 0.25) is 0 Å². The quantitative estimate of drug-likeness (QED) is 0.873. The zero-order valence-electron chi connectivity index (χ0n) is 9.50. The zero-order valence-corrected chi connectivity index (χ0v) is 11.9. The van der Waals surface area contributed by atoms with E-state index in [-0.39, 0.29) is 0 Å². The molecule has 0 unspecified atom stereocenters. The highest BCUT2D eigenvalue weighted by Crippen LogP contribution is 2.26. The molecule has 3 rings (SSSR count). The minimum absolute atomic E-state index is 0.904. The minimum Gasteiger partial charge on any atom is -0.381 e. The van der Waals surface area contributed by atoms with E-state index in [1.165, 1.54) is 45.4 Å². The van der Waals surface area contributed by atoms with Crippen molar-refractivity contribution in [1.82, 2.24) is 0 Å². The molecule has 1 nitrogen and oxygen atoms in total. The molecule has 1 aromatic carbocycles. The first-order chi connectivity index (χ1) is 8.31. The summed E-state index contributed by atoms with van der Waals surface area (Å²) in [6.45, 7) is 0.904. The number of thiophene rings is 1. The second kappa shape index (κ2) is 4.83. The van der Waals surface area contributed by atoms with Gasteiger partial charge in [-0.1, -0.05) is 6.07 Å². The van der Waals surface area contributed by atoms with Gasteiger partial charge in [-0.3, -0.25) is 0 Å². The number of benzene rings is 1. The summed E-state index contributed by atoms with van der Waals surface area (Å²) >= 11 is 5.23. The van der Waals surface area contributed by atoms with Crippen LogP contribution >= 0.6 is 27.3 Å². The first-order valence-corrected chi connectivity index (χ1v) is 7.57.